The van der Waals surface area contributed by atoms with E-state index in [4.69, 9.17) is 4.42 Å². The normalized spacial score (nSPS) is 13.8. The zero-order valence-corrected chi connectivity index (χ0v) is 12.0. The van der Waals surface area contributed by atoms with Crippen LogP contribution >= 0.6 is 0 Å². The molecule has 0 aliphatic rings. The molecular formula is C12H16N2O5S. The van der Waals surface area contributed by atoms with E-state index in [-0.39, 0.29) is 17.0 Å². The van der Waals surface area contributed by atoms with Crippen molar-refractivity contribution >= 4 is 21.1 Å². The molecule has 7 nitrogen and oxygen atoms in total. The molecule has 0 fully saturated rings. The Bertz CT molecular complexity index is 775. The van der Waals surface area contributed by atoms with Crippen LogP contribution in [0.3, 0.4) is 0 Å². The van der Waals surface area contributed by atoms with E-state index in [1.807, 2.05) is 0 Å². The van der Waals surface area contributed by atoms with Crippen LogP contribution in [0.25, 0.3) is 11.1 Å². The number of aromatic nitrogens is 1. The summed E-state index contributed by atoms with van der Waals surface area (Å²) in [5, 5.41) is 9.39. The lowest BCUT2D eigenvalue weighted by Crippen LogP contribution is -2.31. The summed E-state index contributed by atoms with van der Waals surface area (Å²) in [4.78, 5) is 11.3. The highest BCUT2D eigenvalue weighted by Crippen LogP contribution is 2.17. The Morgan fingerprint density at radius 1 is 1.45 bits per heavy atom. The van der Waals surface area contributed by atoms with Gasteiger partial charge in [-0.3, -0.25) is 4.57 Å². The largest absolute Gasteiger partial charge is 0.419 e. The second-order valence-electron chi connectivity index (χ2n) is 4.47. The molecule has 110 valence electrons. The average molecular weight is 300 g/mol. The van der Waals surface area contributed by atoms with Gasteiger partial charge in [-0.1, -0.05) is 6.92 Å². The molecule has 0 aliphatic heterocycles. The summed E-state index contributed by atoms with van der Waals surface area (Å²) in [6.07, 6.45) is -0.280. The van der Waals surface area contributed by atoms with Gasteiger partial charge in [0.2, 0.25) is 10.0 Å². The zero-order valence-electron chi connectivity index (χ0n) is 11.2. The predicted molar refractivity (Wildman–Crippen MR) is 72.9 cm³/mol. The van der Waals surface area contributed by atoms with E-state index in [0.717, 1.165) is 0 Å². The summed E-state index contributed by atoms with van der Waals surface area (Å²) < 4.78 is 32.6. The zero-order chi connectivity index (χ0) is 14.9. The van der Waals surface area contributed by atoms with Crippen LogP contribution in [0.2, 0.25) is 0 Å². The quantitative estimate of drug-likeness (QED) is 0.820. The van der Waals surface area contributed by atoms with Crippen molar-refractivity contribution in [1.29, 1.82) is 0 Å². The van der Waals surface area contributed by atoms with E-state index in [9.17, 15) is 18.3 Å². The molecule has 0 radical (unpaired) electrons. The number of nitrogens with one attached hydrogen (secondary N) is 1. The third-order valence-electron chi connectivity index (χ3n) is 3.05. The Labute approximate surface area is 115 Å². The number of hydrogen-bond acceptors (Lipinski definition) is 5. The van der Waals surface area contributed by atoms with Crippen molar-refractivity contribution in [2.75, 3.05) is 6.54 Å². The van der Waals surface area contributed by atoms with Crippen molar-refractivity contribution in [2.45, 2.75) is 24.3 Å². The maximum Gasteiger partial charge on any atom is 0.419 e. The number of aryl methyl sites for hydroxylation is 1. The standard InChI is InChI=1S/C12H16N2O5S/c1-3-8(15)7-13-20(17,18)9-4-5-10-11(6-9)19-12(16)14(10)2/h4-6,8,13,15H,3,7H2,1-2H3. The van der Waals surface area contributed by atoms with Crippen LogP contribution in [-0.4, -0.2) is 30.7 Å². The molecule has 0 saturated carbocycles. The van der Waals surface area contributed by atoms with Crippen LogP contribution in [-0.2, 0) is 17.1 Å². The molecule has 0 aliphatic carbocycles. The molecule has 8 heteroatoms. The summed E-state index contributed by atoms with van der Waals surface area (Å²) in [6, 6.07) is 4.18. The fourth-order valence-electron chi connectivity index (χ4n) is 1.71. The molecule has 0 bridgehead atoms. The highest BCUT2D eigenvalue weighted by atomic mass is 32.2. The number of nitrogens with zero attached hydrogens (tertiary/aromatic N) is 1. The van der Waals surface area contributed by atoms with Crippen molar-refractivity contribution in [3.8, 4) is 0 Å². The number of oxazole rings is 1. The number of hydrogen-bond donors (Lipinski definition) is 2. The van der Waals surface area contributed by atoms with Crippen molar-refractivity contribution in [3.63, 3.8) is 0 Å². The SMILES string of the molecule is CCC(O)CNS(=O)(=O)c1ccc2c(c1)oc(=O)n2C. The first-order valence-electron chi connectivity index (χ1n) is 6.12. The molecule has 1 atom stereocenters. The van der Waals surface area contributed by atoms with Gasteiger partial charge in [0.1, 0.15) is 0 Å². The van der Waals surface area contributed by atoms with E-state index in [0.29, 0.717) is 11.9 Å². The van der Waals surface area contributed by atoms with Gasteiger partial charge in [-0.15, -0.1) is 0 Å². The van der Waals surface area contributed by atoms with Gasteiger partial charge in [-0.25, -0.2) is 17.9 Å². The van der Waals surface area contributed by atoms with E-state index in [1.165, 1.54) is 29.8 Å². The van der Waals surface area contributed by atoms with Crippen LogP contribution in [0.4, 0.5) is 0 Å². The molecule has 0 amide bonds. The Kier molecular flexibility index (Phi) is 3.98. The van der Waals surface area contributed by atoms with Crippen LogP contribution < -0.4 is 10.5 Å². The summed E-state index contributed by atoms with van der Waals surface area (Å²) in [5.41, 5.74) is 0.721. The number of benzene rings is 1. The average Bonchev–Trinajstić information content (AvgIpc) is 2.71. The van der Waals surface area contributed by atoms with Crippen molar-refractivity contribution in [3.05, 3.63) is 28.7 Å². The van der Waals surface area contributed by atoms with Gasteiger partial charge in [-0.2, -0.15) is 0 Å². The second kappa shape index (κ2) is 5.39. The fraction of sp³-hybridized carbons (Fsp3) is 0.417. The number of aliphatic hydroxyl groups is 1. The van der Waals surface area contributed by atoms with Gasteiger partial charge < -0.3 is 9.52 Å². The molecular weight excluding hydrogens is 284 g/mol. The van der Waals surface area contributed by atoms with Gasteiger partial charge in [-0.05, 0) is 18.6 Å². The molecule has 2 aromatic rings. The molecule has 2 rings (SSSR count). The lowest BCUT2D eigenvalue weighted by molar-refractivity contribution is 0.174. The summed E-state index contributed by atoms with van der Waals surface area (Å²) in [6.45, 7) is 1.69. The van der Waals surface area contributed by atoms with Crippen LogP contribution in [0.15, 0.2) is 32.3 Å². The lowest BCUT2D eigenvalue weighted by atomic mass is 10.3. The first kappa shape index (κ1) is 14.8. The Morgan fingerprint density at radius 3 is 2.80 bits per heavy atom. The minimum absolute atomic E-state index is 0.0114. The highest BCUT2D eigenvalue weighted by molar-refractivity contribution is 7.89. The van der Waals surface area contributed by atoms with E-state index < -0.39 is 21.9 Å². The molecule has 1 heterocycles. The van der Waals surface area contributed by atoms with Gasteiger partial charge >= 0.3 is 5.76 Å². The van der Waals surface area contributed by atoms with Crippen molar-refractivity contribution in [2.24, 2.45) is 7.05 Å². The monoisotopic (exact) mass is 300 g/mol. The van der Waals surface area contributed by atoms with Gasteiger partial charge in [0.05, 0.1) is 16.5 Å². The predicted octanol–water partition coefficient (Wildman–Crippen LogP) is 0.181. The van der Waals surface area contributed by atoms with E-state index in [2.05, 4.69) is 4.72 Å². The summed E-state index contributed by atoms with van der Waals surface area (Å²) in [5.74, 6) is -0.552. The van der Waals surface area contributed by atoms with Gasteiger partial charge in [0.25, 0.3) is 0 Å². The molecule has 1 aromatic heterocycles. The van der Waals surface area contributed by atoms with E-state index in [1.54, 1.807) is 6.92 Å². The topological polar surface area (TPSA) is 102 Å². The van der Waals surface area contributed by atoms with Crippen molar-refractivity contribution in [1.82, 2.24) is 9.29 Å². The van der Waals surface area contributed by atoms with Crippen LogP contribution in [0.1, 0.15) is 13.3 Å². The molecule has 0 spiro atoms. The summed E-state index contributed by atoms with van der Waals surface area (Å²) in [7, 11) is -2.20. The number of rotatable bonds is 5. The van der Waals surface area contributed by atoms with Crippen molar-refractivity contribution < 1.29 is 17.9 Å². The lowest BCUT2D eigenvalue weighted by Gasteiger charge is -2.10. The maximum absolute atomic E-state index is 12.0. The fourth-order valence-corrected chi connectivity index (χ4v) is 2.80. The minimum atomic E-state index is -3.74. The van der Waals surface area contributed by atoms with Crippen LogP contribution in [0.5, 0.6) is 0 Å². The summed E-state index contributed by atoms with van der Waals surface area (Å²) >= 11 is 0. The highest BCUT2D eigenvalue weighted by Gasteiger charge is 2.17. The van der Waals surface area contributed by atoms with E-state index >= 15 is 0 Å². The Morgan fingerprint density at radius 2 is 2.15 bits per heavy atom. The third kappa shape index (κ3) is 2.77. The Balaban J connectivity index is 2.35. The number of aliphatic hydroxyl groups excluding tert-OH is 1. The van der Waals surface area contributed by atoms with Gasteiger partial charge in [0.15, 0.2) is 5.58 Å². The number of sulfonamides is 1. The second-order valence-corrected chi connectivity index (χ2v) is 6.24. The first-order chi connectivity index (χ1) is 9.35. The molecule has 1 aromatic carbocycles. The van der Waals surface area contributed by atoms with Gasteiger partial charge in [0, 0.05) is 19.7 Å². The van der Waals surface area contributed by atoms with Crippen LogP contribution in [0, 0.1) is 0 Å². The number of fused-ring (bicyclic) bond motifs is 1. The molecule has 1 unspecified atom stereocenters. The smallest absolute Gasteiger partial charge is 0.408 e. The third-order valence-corrected chi connectivity index (χ3v) is 4.48. The maximum atomic E-state index is 12.0. The minimum Gasteiger partial charge on any atom is -0.408 e. The molecule has 2 N–H and O–H groups in total. The molecule has 0 saturated heterocycles. The first-order valence-corrected chi connectivity index (χ1v) is 7.60. The molecule has 20 heavy (non-hydrogen) atoms. The Hall–Kier alpha value is -1.64.